The average molecular weight is 318 g/mol. The average Bonchev–Trinajstić information content (AvgIpc) is 3.12. The summed E-state index contributed by atoms with van der Waals surface area (Å²) in [5.74, 6) is 1.23. The smallest absolute Gasteiger partial charge is 0.333 e. The van der Waals surface area contributed by atoms with E-state index in [-0.39, 0.29) is 11.6 Å². The van der Waals surface area contributed by atoms with E-state index in [0.717, 1.165) is 30.9 Å². The lowest BCUT2D eigenvalue weighted by molar-refractivity contribution is -0.135. The van der Waals surface area contributed by atoms with E-state index in [1.165, 1.54) is 32.1 Å². The number of carbonyl (C=O) groups excluding carboxylic acids is 1. The van der Waals surface area contributed by atoms with Gasteiger partial charge < -0.3 is 9.47 Å². The van der Waals surface area contributed by atoms with Gasteiger partial charge in [-0.3, -0.25) is 0 Å². The summed E-state index contributed by atoms with van der Waals surface area (Å²) < 4.78 is 11.1. The van der Waals surface area contributed by atoms with Gasteiger partial charge in [0.25, 0.3) is 0 Å². The summed E-state index contributed by atoms with van der Waals surface area (Å²) in [4.78, 5) is 11.8. The minimum Gasteiger partial charge on any atom is -0.462 e. The van der Waals surface area contributed by atoms with Crippen LogP contribution in [0, 0.1) is 22.7 Å². The molecule has 0 aromatic carbocycles. The number of hydrogen-bond donors (Lipinski definition) is 0. The Morgan fingerprint density at radius 2 is 2.00 bits per heavy atom. The van der Waals surface area contributed by atoms with Crippen LogP contribution < -0.4 is 0 Å². The number of ether oxygens (including phenoxy) is 2. The first kappa shape index (κ1) is 15.7. The number of allylic oxidation sites excluding steroid dienone is 1. The molecule has 4 aliphatic rings. The highest BCUT2D eigenvalue weighted by atomic mass is 16.6. The van der Waals surface area contributed by atoms with Crippen molar-refractivity contribution in [2.45, 2.75) is 71.3 Å². The maximum absolute atomic E-state index is 11.8. The fourth-order valence-corrected chi connectivity index (χ4v) is 6.28. The molecule has 2 unspecified atom stereocenters. The van der Waals surface area contributed by atoms with Gasteiger partial charge in [-0.2, -0.15) is 0 Å². The highest BCUT2D eigenvalue weighted by molar-refractivity contribution is 5.90. The molecule has 0 aromatic heterocycles. The van der Waals surface area contributed by atoms with Gasteiger partial charge in [0.2, 0.25) is 0 Å². The molecule has 3 nitrogen and oxygen atoms in total. The van der Waals surface area contributed by atoms with Gasteiger partial charge in [-0.05, 0) is 54.8 Å². The van der Waals surface area contributed by atoms with E-state index in [0.29, 0.717) is 23.4 Å². The molecule has 0 N–H and O–H groups in total. The number of rotatable bonds is 2. The van der Waals surface area contributed by atoms with Gasteiger partial charge in [0, 0.05) is 12.0 Å². The van der Waals surface area contributed by atoms with Crippen LogP contribution >= 0.6 is 0 Å². The summed E-state index contributed by atoms with van der Waals surface area (Å²) >= 11 is 0. The van der Waals surface area contributed by atoms with Crippen LogP contribution in [0.3, 0.4) is 0 Å². The minimum absolute atomic E-state index is 0.0998. The van der Waals surface area contributed by atoms with Gasteiger partial charge in [0.05, 0.1) is 18.8 Å². The fraction of sp³-hybridized carbons (Fsp3) is 0.850. The zero-order valence-electron chi connectivity index (χ0n) is 14.8. The second-order valence-corrected chi connectivity index (χ2v) is 9.20. The number of esters is 1. The number of epoxide rings is 1. The molecule has 23 heavy (non-hydrogen) atoms. The molecule has 0 aromatic rings. The monoisotopic (exact) mass is 318 g/mol. The molecular formula is C20H30O3. The molecule has 2 aliphatic heterocycles. The van der Waals surface area contributed by atoms with E-state index in [1.807, 2.05) is 0 Å². The highest BCUT2D eigenvalue weighted by Crippen LogP contribution is 2.66. The van der Waals surface area contributed by atoms with E-state index in [2.05, 4.69) is 26.8 Å². The van der Waals surface area contributed by atoms with Crippen molar-refractivity contribution >= 4 is 5.97 Å². The molecule has 0 bridgehead atoms. The Bertz CT molecular complexity index is 543. The van der Waals surface area contributed by atoms with Gasteiger partial charge in [-0.1, -0.05) is 33.3 Å². The van der Waals surface area contributed by atoms with Gasteiger partial charge in [-0.25, -0.2) is 4.79 Å². The van der Waals surface area contributed by atoms with Crippen LogP contribution in [0.4, 0.5) is 0 Å². The molecule has 4 rings (SSSR count). The Kier molecular flexibility index (Phi) is 3.46. The summed E-state index contributed by atoms with van der Waals surface area (Å²) in [5, 5.41) is 0. The molecular weight excluding hydrogens is 288 g/mol. The van der Waals surface area contributed by atoms with Crippen molar-refractivity contribution in [3.05, 3.63) is 11.6 Å². The number of cyclic esters (lactones) is 1. The molecule has 3 heteroatoms. The van der Waals surface area contributed by atoms with Crippen molar-refractivity contribution in [3.63, 3.8) is 0 Å². The largest absolute Gasteiger partial charge is 0.462 e. The molecule has 2 heterocycles. The molecule has 2 saturated carbocycles. The lowest BCUT2D eigenvalue weighted by Crippen LogP contribution is -2.54. The lowest BCUT2D eigenvalue weighted by atomic mass is 9.46. The molecule has 2 saturated heterocycles. The van der Waals surface area contributed by atoms with Gasteiger partial charge >= 0.3 is 5.97 Å². The van der Waals surface area contributed by atoms with Crippen LogP contribution in [0.5, 0.6) is 0 Å². The summed E-state index contributed by atoms with van der Waals surface area (Å²) in [6.07, 6.45) is 10.4. The quantitative estimate of drug-likeness (QED) is 0.434. The minimum atomic E-state index is -0.0998. The van der Waals surface area contributed by atoms with Crippen LogP contribution in [-0.4, -0.2) is 24.8 Å². The van der Waals surface area contributed by atoms with E-state index >= 15 is 0 Å². The predicted molar refractivity (Wildman–Crippen MR) is 88.9 cm³/mol. The van der Waals surface area contributed by atoms with Crippen molar-refractivity contribution in [2.75, 3.05) is 13.2 Å². The van der Waals surface area contributed by atoms with Crippen molar-refractivity contribution in [3.8, 4) is 0 Å². The molecule has 4 fully saturated rings. The second-order valence-electron chi connectivity index (χ2n) is 9.20. The Hall–Kier alpha value is -0.830. The normalized spacial score (nSPS) is 46.7. The van der Waals surface area contributed by atoms with Crippen molar-refractivity contribution in [2.24, 2.45) is 22.7 Å². The Morgan fingerprint density at radius 3 is 2.65 bits per heavy atom. The maximum atomic E-state index is 11.8. The Labute approximate surface area is 139 Å². The molecule has 1 spiro atoms. The zero-order valence-corrected chi connectivity index (χ0v) is 14.8. The van der Waals surface area contributed by atoms with Gasteiger partial charge in [0.1, 0.15) is 0 Å². The standard InChI is InChI=1S/C20H30O3/c1-18(2)9-4-10-19(3)15(18)7-11-20(13-23-20)16(19)6-5-14-8-12-22-17(14)21/h5,15-16H,4,6-13H2,1-3H3/b14-5+/t15?,16-,19?,20-/m1/s1. The third-order valence-electron chi connectivity index (χ3n) is 7.55. The van der Waals surface area contributed by atoms with Crippen LogP contribution in [0.15, 0.2) is 11.6 Å². The maximum Gasteiger partial charge on any atom is 0.333 e. The number of fused-ring (bicyclic) bond motifs is 1. The van der Waals surface area contributed by atoms with E-state index in [1.54, 1.807) is 0 Å². The second kappa shape index (κ2) is 5.08. The van der Waals surface area contributed by atoms with Crippen LogP contribution in [0.1, 0.15) is 65.7 Å². The molecule has 2 aliphatic carbocycles. The third kappa shape index (κ3) is 2.38. The van der Waals surface area contributed by atoms with Crippen LogP contribution in [0.25, 0.3) is 0 Å². The number of hydrogen-bond acceptors (Lipinski definition) is 3. The molecule has 128 valence electrons. The van der Waals surface area contributed by atoms with E-state index in [4.69, 9.17) is 9.47 Å². The van der Waals surface area contributed by atoms with Crippen molar-refractivity contribution in [1.82, 2.24) is 0 Å². The molecule has 0 amide bonds. The van der Waals surface area contributed by atoms with Gasteiger partial charge in [-0.15, -0.1) is 0 Å². The van der Waals surface area contributed by atoms with Crippen LogP contribution in [-0.2, 0) is 14.3 Å². The summed E-state index contributed by atoms with van der Waals surface area (Å²) in [6.45, 7) is 8.92. The molecule has 4 atom stereocenters. The first-order valence-electron chi connectivity index (χ1n) is 9.38. The first-order valence-corrected chi connectivity index (χ1v) is 9.38. The van der Waals surface area contributed by atoms with Crippen LogP contribution in [0.2, 0.25) is 0 Å². The van der Waals surface area contributed by atoms with Crippen molar-refractivity contribution in [1.29, 1.82) is 0 Å². The molecule has 0 radical (unpaired) electrons. The Balaban J connectivity index is 1.63. The zero-order chi connectivity index (χ0) is 16.3. The highest BCUT2D eigenvalue weighted by Gasteiger charge is 2.64. The van der Waals surface area contributed by atoms with Crippen molar-refractivity contribution < 1.29 is 14.3 Å². The Morgan fingerprint density at radius 1 is 1.22 bits per heavy atom. The number of carbonyl (C=O) groups is 1. The van der Waals surface area contributed by atoms with E-state index < -0.39 is 0 Å². The SMILES string of the molecule is CC1(C)CCCC2(C)C1CC[C@@]1(CO1)[C@@H]2C/C=C1\CCOC1=O. The summed E-state index contributed by atoms with van der Waals surface area (Å²) in [7, 11) is 0. The lowest BCUT2D eigenvalue weighted by Gasteiger charge is -2.59. The summed E-state index contributed by atoms with van der Waals surface area (Å²) in [5.41, 5.74) is 1.77. The third-order valence-corrected chi connectivity index (χ3v) is 7.55. The predicted octanol–water partition coefficient (Wildman–Crippen LogP) is 4.26. The van der Waals surface area contributed by atoms with E-state index in [9.17, 15) is 4.79 Å². The topological polar surface area (TPSA) is 38.8 Å². The summed E-state index contributed by atoms with van der Waals surface area (Å²) in [6, 6.07) is 0. The first-order chi connectivity index (χ1) is 10.9. The van der Waals surface area contributed by atoms with Gasteiger partial charge in [0.15, 0.2) is 0 Å². The fourth-order valence-electron chi connectivity index (χ4n) is 6.28.